The van der Waals surface area contributed by atoms with Gasteiger partial charge in [0.25, 0.3) is 0 Å². The summed E-state index contributed by atoms with van der Waals surface area (Å²) in [6.45, 7) is 2.67. The SMILES string of the molecule is CCOC(=O)CC1CC(OC)CN1c1cccc(C(=O)O)n1. The number of hydrogen-bond donors (Lipinski definition) is 1. The van der Waals surface area contributed by atoms with Crippen molar-refractivity contribution < 1.29 is 24.2 Å². The van der Waals surface area contributed by atoms with Crippen LogP contribution in [-0.2, 0) is 14.3 Å². The first kappa shape index (κ1) is 16.2. The molecule has 2 heterocycles. The van der Waals surface area contributed by atoms with Crippen molar-refractivity contribution in [3.63, 3.8) is 0 Å². The average molecular weight is 308 g/mol. The molecule has 0 radical (unpaired) electrons. The van der Waals surface area contributed by atoms with Crippen molar-refractivity contribution in [1.82, 2.24) is 4.98 Å². The number of carbonyl (C=O) groups excluding carboxylic acids is 1. The molecule has 1 fully saturated rings. The van der Waals surface area contributed by atoms with E-state index in [0.717, 1.165) is 0 Å². The number of carbonyl (C=O) groups is 2. The van der Waals surface area contributed by atoms with Gasteiger partial charge < -0.3 is 19.5 Å². The van der Waals surface area contributed by atoms with Crippen molar-refractivity contribution in [2.45, 2.75) is 31.9 Å². The summed E-state index contributed by atoms with van der Waals surface area (Å²) in [6, 6.07) is 4.71. The number of methoxy groups -OCH3 is 1. The van der Waals surface area contributed by atoms with E-state index >= 15 is 0 Å². The molecular weight excluding hydrogens is 288 g/mol. The number of anilines is 1. The topological polar surface area (TPSA) is 89.0 Å². The average Bonchev–Trinajstić information content (AvgIpc) is 2.90. The van der Waals surface area contributed by atoms with Crippen LogP contribution in [0.3, 0.4) is 0 Å². The summed E-state index contributed by atoms with van der Waals surface area (Å²) in [6.07, 6.45) is 0.885. The number of ether oxygens (including phenoxy) is 2. The quantitative estimate of drug-likeness (QED) is 0.793. The second kappa shape index (κ2) is 7.22. The Morgan fingerprint density at radius 2 is 2.23 bits per heavy atom. The number of hydrogen-bond acceptors (Lipinski definition) is 6. The highest BCUT2D eigenvalue weighted by atomic mass is 16.5. The summed E-state index contributed by atoms with van der Waals surface area (Å²) in [5.74, 6) is -0.816. The molecule has 0 amide bonds. The number of carboxylic acids is 1. The molecule has 0 bridgehead atoms. The second-order valence-corrected chi connectivity index (χ2v) is 5.09. The van der Waals surface area contributed by atoms with Gasteiger partial charge in [0.05, 0.1) is 19.1 Å². The second-order valence-electron chi connectivity index (χ2n) is 5.09. The number of rotatable bonds is 6. The minimum Gasteiger partial charge on any atom is -0.477 e. The van der Waals surface area contributed by atoms with Gasteiger partial charge in [-0.2, -0.15) is 0 Å². The molecule has 1 aromatic rings. The van der Waals surface area contributed by atoms with Crippen molar-refractivity contribution in [2.24, 2.45) is 0 Å². The van der Waals surface area contributed by atoms with Gasteiger partial charge in [-0.25, -0.2) is 9.78 Å². The summed E-state index contributed by atoms with van der Waals surface area (Å²) < 4.78 is 10.4. The molecule has 0 spiro atoms. The zero-order chi connectivity index (χ0) is 16.1. The Morgan fingerprint density at radius 1 is 1.45 bits per heavy atom. The van der Waals surface area contributed by atoms with Gasteiger partial charge in [-0.3, -0.25) is 4.79 Å². The Hall–Kier alpha value is -2.15. The smallest absolute Gasteiger partial charge is 0.354 e. The molecule has 1 aromatic heterocycles. The van der Waals surface area contributed by atoms with E-state index in [4.69, 9.17) is 14.6 Å². The third kappa shape index (κ3) is 3.73. The molecule has 0 saturated carbocycles. The molecule has 0 aliphatic carbocycles. The summed E-state index contributed by atoms with van der Waals surface area (Å²) in [4.78, 5) is 28.9. The number of aromatic nitrogens is 1. The molecule has 7 nitrogen and oxygen atoms in total. The third-order valence-electron chi connectivity index (χ3n) is 3.66. The van der Waals surface area contributed by atoms with Gasteiger partial charge in [0, 0.05) is 19.7 Å². The molecule has 2 unspecified atom stereocenters. The third-order valence-corrected chi connectivity index (χ3v) is 3.66. The minimum absolute atomic E-state index is 0.0188. The van der Waals surface area contributed by atoms with E-state index in [1.807, 2.05) is 4.90 Å². The fourth-order valence-corrected chi connectivity index (χ4v) is 2.63. The predicted octanol–water partition coefficient (Wildman–Crippen LogP) is 1.33. The standard InChI is InChI=1S/C15H20N2O5/c1-3-22-14(18)8-10-7-11(21-2)9-17(10)13-6-4-5-12(16-13)15(19)20/h4-6,10-11H,3,7-9H2,1-2H3,(H,19,20). The number of aromatic carboxylic acids is 1. The van der Waals surface area contributed by atoms with Crippen LogP contribution in [0.25, 0.3) is 0 Å². The molecule has 1 saturated heterocycles. The molecular formula is C15H20N2O5. The lowest BCUT2D eigenvalue weighted by Gasteiger charge is -2.24. The van der Waals surface area contributed by atoms with Crippen molar-refractivity contribution >= 4 is 17.8 Å². The van der Waals surface area contributed by atoms with Crippen LogP contribution >= 0.6 is 0 Å². The molecule has 22 heavy (non-hydrogen) atoms. The minimum atomic E-state index is -1.08. The van der Waals surface area contributed by atoms with E-state index in [2.05, 4.69) is 4.98 Å². The van der Waals surface area contributed by atoms with Gasteiger partial charge in [0.15, 0.2) is 5.69 Å². The van der Waals surface area contributed by atoms with Gasteiger partial charge >= 0.3 is 11.9 Å². The number of esters is 1. The van der Waals surface area contributed by atoms with E-state index in [0.29, 0.717) is 25.4 Å². The fraction of sp³-hybridized carbons (Fsp3) is 0.533. The molecule has 2 atom stereocenters. The van der Waals surface area contributed by atoms with E-state index in [9.17, 15) is 9.59 Å². The highest BCUT2D eigenvalue weighted by molar-refractivity contribution is 5.85. The monoisotopic (exact) mass is 308 g/mol. The Bertz CT molecular complexity index is 548. The van der Waals surface area contributed by atoms with E-state index in [1.54, 1.807) is 26.2 Å². The van der Waals surface area contributed by atoms with Gasteiger partial charge in [0.2, 0.25) is 0 Å². The molecule has 2 rings (SSSR count). The maximum atomic E-state index is 11.7. The van der Waals surface area contributed by atoms with Crippen molar-refractivity contribution in [3.05, 3.63) is 23.9 Å². The van der Waals surface area contributed by atoms with Gasteiger partial charge in [-0.15, -0.1) is 0 Å². The molecule has 1 aliphatic heterocycles. The van der Waals surface area contributed by atoms with Crippen LogP contribution in [0.1, 0.15) is 30.3 Å². The first-order valence-corrected chi connectivity index (χ1v) is 7.20. The van der Waals surface area contributed by atoms with Gasteiger partial charge in [0.1, 0.15) is 5.82 Å². The molecule has 7 heteroatoms. The number of pyridine rings is 1. The lowest BCUT2D eigenvalue weighted by molar-refractivity contribution is -0.143. The van der Waals surface area contributed by atoms with E-state index in [1.165, 1.54) is 6.07 Å². The summed E-state index contributed by atoms with van der Waals surface area (Å²) >= 11 is 0. The number of nitrogens with zero attached hydrogens (tertiary/aromatic N) is 2. The zero-order valence-electron chi connectivity index (χ0n) is 12.7. The van der Waals surface area contributed by atoms with Crippen molar-refractivity contribution in [1.29, 1.82) is 0 Å². The Labute approximate surface area is 128 Å². The van der Waals surface area contributed by atoms with Crippen LogP contribution in [0, 0.1) is 0 Å². The molecule has 1 aliphatic rings. The molecule has 120 valence electrons. The summed E-state index contributed by atoms with van der Waals surface area (Å²) in [5, 5.41) is 9.05. The highest BCUT2D eigenvalue weighted by Gasteiger charge is 2.35. The van der Waals surface area contributed by atoms with Crippen LogP contribution in [0.2, 0.25) is 0 Å². The molecule has 1 N–H and O–H groups in total. The normalized spacial score (nSPS) is 20.9. The van der Waals surface area contributed by atoms with Crippen LogP contribution < -0.4 is 4.90 Å². The first-order valence-electron chi connectivity index (χ1n) is 7.20. The van der Waals surface area contributed by atoms with E-state index < -0.39 is 5.97 Å². The maximum absolute atomic E-state index is 11.7. The lowest BCUT2D eigenvalue weighted by atomic mass is 10.1. The van der Waals surface area contributed by atoms with Gasteiger partial charge in [-0.05, 0) is 25.5 Å². The van der Waals surface area contributed by atoms with E-state index in [-0.39, 0.29) is 30.2 Å². The Balaban J connectivity index is 2.19. The van der Waals surface area contributed by atoms with Crippen molar-refractivity contribution in [3.8, 4) is 0 Å². The Kier molecular flexibility index (Phi) is 5.32. The molecule has 0 aromatic carbocycles. The fourth-order valence-electron chi connectivity index (χ4n) is 2.63. The van der Waals surface area contributed by atoms with Crippen LogP contribution in [0.4, 0.5) is 5.82 Å². The zero-order valence-corrected chi connectivity index (χ0v) is 12.7. The van der Waals surface area contributed by atoms with Crippen LogP contribution in [0.15, 0.2) is 18.2 Å². The number of carboxylic acid groups (broad SMARTS) is 1. The maximum Gasteiger partial charge on any atom is 0.354 e. The van der Waals surface area contributed by atoms with Crippen molar-refractivity contribution in [2.75, 3.05) is 25.2 Å². The Morgan fingerprint density at radius 3 is 2.86 bits per heavy atom. The predicted molar refractivity (Wildman–Crippen MR) is 79.0 cm³/mol. The highest BCUT2D eigenvalue weighted by Crippen LogP contribution is 2.28. The van der Waals surface area contributed by atoms with Gasteiger partial charge in [-0.1, -0.05) is 6.07 Å². The largest absolute Gasteiger partial charge is 0.477 e. The van der Waals surface area contributed by atoms with Crippen LogP contribution in [0.5, 0.6) is 0 Å². The van der Waals surface area contributed by atoms with Crippen LogP contribution in [-0.4, -0.2) is 54.4 Å². The first-order chi connectivity index (χ1) is 10.5. The summed E-state index contributed by atoms with van der Waals surface area (Å²) in [5.41, 5.74) is -0.0201. The lowest BCUT2D eigenvalue weighted by Crippen LogP contribution is -2.33. The summed E-state index contributed by atoms with van der Waals surface area (Å²) in [7, 11) is 1.62.